The molecule has 3 aromatic carbocycles. The summed E-state index contributed by atoms with van der Waals surface area (Å²) in [5.41, 5.74) is 0.518. The van der Waals surface area contributed by atoms with E-state index in [9.17, 15) is 13.6 Å². The number of aromatic nitrogens is 1. The molecule has 0 saturated heterocycles. The van der Waals surface area contributed by atoms with Crippen molar-refractivity contribution in [2.24, 2.45) is 0 Å². The normalized spacial score (nSPS) is 10.7. The fourth-order valence-corrected chi connectivity index (χ4v) is 3.15. The van der Waals surface area contributed by atoms with Crippen molar-refractivity contribution in [1.29, 1.82) is 0 Å². The summed E-state index contributed by atoms with van der Waals surface area (Å²) in [5.74, 6) is -0.267. The van der Waals surface area contributed by atoms with Crippen LogP contribution in [0.1, 0.15) is 12.3 Å². The van der Waals surface area contributed by atoms with Gasteiger partial charge in [-0.1, -0.05) is 29.8 Å². The fourth-order valence-electron chi connectivity index (χ4n) is 2.98. The van der Waals surface area contributed by atoms with Crippen molar-refractivity contribution < 1.29 is 22.7 Å². The zero-order valence-electron chi connectivity index (χ0n) is 16.6. The van der Waals surface area contributed by atoms with Gasteiger partial charge in [-0.05, 0) is 42.5 Å². The van der Waals surface area contributed by atoms with E-state index in [4.69, 9.17) is 20.8 Å². The SMILES string of the molecule is O=C(CCc1ncc(-c2ccc(F)cc2F)o1)Nc1cc(Cl)ccc1Oc1ccccc1. The van der Waals surface area contributed by atoms with Crippen LogP contribution >= 0.6 is 11.6 Å². The van der Waals surface area contributed by atoms with E-state index >= 15 is 0 Å². The maximum absolute atomic E-state index is 13.9. The number of hydrogen-bond acceptors (Lipinski definition) is 4. The highest BCUT2D eigenvalue weighted by Crippen LogP contribution is 2.32. The monoisotopic (exact) mass is 454 g/mol. The Morgan fingerprint density at radius 1 is 1.06 bits per heavy atom. The zero-order chi connectivity index (χ0) is 22.5. The number of nitrogens with zero attached hydrogens (tertiary/aromatic N) is 1. The Morgan fingerprint density at radius 2 is 1.88 bits per heavy atom. The van der Waals surface area contributed by atoms with E-state index in [1.54, 1.807) is 30.3 Å². The second-order valence-corrected chi connectivity index (χ2v) is 7.28. The molecule has 0 aliphatic carbocycles. The van der Waals surface area contributed by atoms with E-state index in [-0.39, 0.29) is 36.0 Å². The molecule has 0 aliphatic rings. The molecule has 1 amide bonds. The summed E-state index contributed by atoms with van der Waals surface area (Å²) in [5, 5.41) is 3.22. The van der Waals surface area contributed by atoms with E-state index in [0.29, 0.717) is 22.2 Å². The number of para-hydroxylation sites is 1. The molecule has 4 rings (SSSR count). The number of carbonyl (C=O) groups excluding carboxylic acids is 1. The van der Waals surface area contributed by atoms with Gasteiger partial charge < -0.3 is 14.5 Å². The van der Waals surface area contributed by atoms with Crippen LogP contribution in [0.15, 0.2) is 77.3 Å². The summed E-state index contributed by atoms with van der Waals surface area (Å²) in [6.07, 6.45) is 1.58. The topological polar surface area (TPSA) is 64.4 Å². The highest BCUT2D eigenvalue weighted by atomic mass is 35.5. The minimum atomic E-state index is -0.752. The molecule has 32 heavy (non-hydrogen) atoms. The molecule has 1 N–H and O–H groups in total. The Balaban J connectivity index is 1.40. The number of anilines is 1. The molecule has 0 aliphatic heterocycles. The van der Waals surface area contributed by atoms with Crippen molar-refractivity contribution in [3.8, 4) is 22.8 Å². The van der Waals surface area contributed by atoms with Gasteiger partial charge in [0, 0.05) is 23.9 Å². The number of nitrogens with one attached hydrogen (secondary N) is 1. The summed E-state index contributed by atoms with van der Waals surface area (Å²) >= 11 is 6.07. The first-order chi connectivity index (χ1) is 15.5. The molecular formula is C24H17ClF2N2O3. The van der Waals surface area contributed by atoms with Crippen LogP contribution in [0.25, 0.3) is 11.3 Å². The Labute approximate surface area is 187 Å². The number of halogens is 3. The molecular weight excluding hydrogens is 438 g/mol. The van der Waals surface area contributed by atoms with Gasteiger partial charge in [-0.25, -0.2) is 13.8 Å². The van der Waals surface area contributed by atoms with Gasteiger partial charge in [-0.2, -0.15) is 0 Å². The molecule has 0 atom stereocenters. The van der Waals surface area contributed by atoms with Crippen molar-refractivity contribution in [1.82, 2.24) is 4.98 Å². The molecule has 0 bridgehead atoms. The number of benzene rings is 3. The van der Waals surface area contributed by atoms with E-state index in [0.717, 1.165) is 12.1 Å². The van der Waals surface area contributed by atoms with E-state index in [1.807, 2.05) is 18.2 Å². The van der Waals surface area contributed by atoms with Crippen molar-refractivity contribution in [2.75, 3.05) is 5.32 Å². The first-order valence-electron chi connectivity index (χ1n) is 9.70. The van der Waals surface area contributed by atoms with Gasteiger partial charge in [0.15, 0.2) is 17.4 Å². The molecule has 162 valence electrons. The van der Waals surface area contributed by atoms with Crippen LogP contribution in [0.3, 0.4) is 0 Å². The van der Waals surface area contributed by atoms with Gasteiger partial charge in [-0.3, -0.25) is 4.79 Å². The van der Waals surface area contributed by atoms with Gasteiger partial charge in [0.05, 0.1) is 17.4 Å². The van der Waals surface area contributed by atoms with Crippen LogP contribution in [0.2, 0.25) is 5.02 Å². The average Bonchev–Trinajstić information content (AvgIpc) is 3.24. The molecule has 1 aromatic heterocycles. The number of ether oxygens (including phenoxy) is 1. The maximum Gasteiger partial charge on any atom is 0.224 e. The molecule has 8 heteroatoms. The molecule has 0 spiro atoms. The van der Waals surface area contributed by atoms with Crippen molar-refractivity contribution in [2.45, 2.75) is 12.8 Å². The van der Waals surface area contributed by atoms with Gasteiger partial charge in [0.2, 0.25) is 5.91 Å². The van der Waals surface area contributed by atoms with Gasteiger partial charge >= 0.3 is 0 Å². The largest absolute Gasteiger partial charge is 0.455 e. The molecule has 0 fully saturated rings. The third-order valence-electron chi connectivity index (χ3n) is 4.50. The molecule has 0 saturated carbocycles. The summed E-state index contributed by atoms with van der Waals surface area (Å²) in [4.78, 5) is 16.6. The highest BCUT2D eigenvalue weighted by Gasteiger charge is 2.14. The number of rotatable bonds is 7. The van der Waals surface area contributed by atoms with Crippen LogP contribution in [-0.2, 0) is 11.2 Å². The van der Waals surface area contributed by atoms with E-state index in [2.05, 4.69) is 10.3 Å². The second-order valence-electron chi connectivity index (χ2n) is 6.85. The number of aryl methyl sites for hydroxylation is 1. The van der Waals surface area contributed by atoms with Crippen LogP contribution in [0, 0.1) is 11.6 Å². The lowest BCUT2D eigenvalue weighted by Crippen LogP contribution is -2.13. The van der Waals surface area contributed by atoms with Gasteiger partial charge in [-0.15, -0.1) is 0 Å². The molecule has 1 heterocycles. The number of carbonyl (C=O) groups is 1. The minimum absolute atomic E-state index is 0.0587. The van der Waals surface area contributed by atoms with Crippen molar-refractivity contribution >= 4 is 23.2 Å². The Bertz CT molecular complexity index is 1250. The van der Waals surface area contributed by atoms with Crippen molar-refractivity contribution in [3.63, 3.8) is 0 Å². The Hall–Kier alpha value is -3.71. The summed E-state index contributed by atoms with van der Waals surface area (Å²) in [6.45, 7) is 0. The van der Waals surface area contributed by atoms with Crippen LogP contribution < -0.4 is 10.1 Å². The lowest BCUT2D eigenvalue weighted by atomic mass is 10.2. The minimum Gasteiger partial charge on any atom is -0.455 e. The third-order valence-corrected chi connectivity index (χ3v) is 4.74. The summed E-state index contributed by atoms with van der Waals surface area (Å²) in [6, 6.07) is 17.2. The average molecular weight is 455 g/mol. The standard InChI is InChI=1S/C24H17ClF2N2O3/c25-15-6-9-21(31-17-4-2-1-3-5-17)20(12-15)29-23(30)10-11-24-28-14-22(32-24)18-8-7-16(26)13-19(18)27/h1-9,12-14H,10-11H2,(H,29,30). The second kappa shape index (κ2) is 9.62. The highest BCUT2D eigenvalue weighted by molar-refractivity contribution is 6.31. The van der Waals surface area contributed by atoms with Gasteiger partial charge in [0.1, 0.15) is 17.4 Å². The van der Waals surface area contributed by atoms with Crippen LogP contribution in [0.5, 0.6) is 11.5 Å². The number of amides is 1. The smallest absolute Gasteiger partial charge is 0.224 e. The van der Waals surface area contributed by atoms with Gasteiger partial charge in [0.25, 0.3) is 0 Å². The molecule has 5 nitrogen and oxygen atoms in total. The van der Waals surface area contributed by atoms with E-state index < -0.39 is 11.6 Å². The Morgan fingerprint density at radius 3 is 2.66 bits per heavy atom. The predicted molar refractivity (Wildman–Crippen MR) is 117 cm³/mol. The number of oxazole rings is 1. The first kappa shape index (κ1) is 21.5. The van der Waals surface area contributed by atoms with E-state index in [1.165, 1.54) is 12.3 Å². The zero-order valence-corrected chi connectivity index (χ0v) is 17.4. The quantitative estimate of drug-likeness (QED) is 0.340. The molecule has 0 radical (unpaired) electrons. The molecule has 0 unspecified atom stereocenters. The third kappa shape index (κ3) is 5.31. The predicted octanol–water partition coefficient (Wildman–Crippen LogP) is 6.64. The van der Waals surface area contributed by atoms with Crippen LogP contribution in [-0.4, -0.2) is 10.9 Å². The lowest BCUT2D eigenvalue weighted by molar-refractivity contribution is -0.116. The molecule has 4 aromatic rings. The summed E-state index contributed by atoms with van der Waals surface area (Å²) < 4.78 is 38.3. The van der Waals surface area contributed by atoms with Crippen molar-refractivity contribution in [3.05, 3.63) is 95.5 Å². The first-order valence-corrected chi connectivity index (χ1v) is 10.1. The van der Waals surface area contributed by atoms with Crippen LogP contribution in [0.4, 0.5) is 14.5 Å². The Kier molecular flexibility index (Phi) is 6.47. The number of hydrogen-bond donors (Lipinski definition) is 1. The fraction of sp³-hybridized carbons (Fsp3) is 0.0833. The maximum atomic E-state index is 13.9. The summed E-state index contributed by atoms with van der Waals surface area (Å²) in [7, 11) is 0. The lowest BCUT2D eigenvalue weighted by Gasteiger charge is -2.12.